The zero-order chi connectivity index (χ0) is 14.0. The number of ketones is 1. The highest BCUT2D eigenvalue weighted by molar-refractivity contribution is 7.89. The van der Waals surface area contributed by atoms with E-state index in [0.717, 1.165) is 16.9 Å². The molecule has 2 rings (SSSR count). The molecule has 0 saturated heterocycles. The van der Waals surface area contributed by atoms with Gasteiger partial charge in [-0.1, -0.05) is 17.7 Å². The van der Waals surface area contributed by atoms with Crippen molar-refractivity contribution in [3.05, 3.63) is 46.8 Å². The first kappa shape index (κ1) is 13.8. The zero-order valence-electron chi connectivity index (χ0n) is 10.4. The van der Waals surface area contributed by atoms with Crippen molar-refractivity contribution in [2.24, 2.45) is 0 Å². The maximum atomic E-state index is 12.0. The second-order valence-electron chi connectivity index (χ2n) is 4.03. The molecule has 19 heavy (non-hydrogen) atoms. The number of aryl methyl sites for hydroxylation is 1. The highest BCUT2D eigenvalue weighted by atomic mass is 32.3. The Morgan fingerprint density at radius 2 is 2.00 bits per heavy atom. The van der Waals surface area contributed by atoms with Crippen molar-refractivity contribution in [1.29, 1.82) is 0 Å². The number of carbonyl (C=O) groups is 1. The largest absolute Gasteiger partial charge is 0.378 e. The Balaban J connectivity index is 2.42. The van der Waals surface area contributed by atoms with Crippen LogP contribution in [0.15, 0.2) is 39.9 Å². The average molecular weight is 296 g/mol. The molecule has 0 radical (unpaired) electrons. The maximum Gasteiger partial charge on any atom is 0.348 e. The summed E-state index contributed by atoms with van der Waals surface area (Å²) < 4.78 is 29.2. The van der Waals surface area contributed by atoms with Crippen LogP contribution in [0.2, 0.25) is 0 Å². The van der Waals surface area contributed by atoms with E-state index in [4.69, 9.17) is 4.18 Å². The summed E-state index contributed by atoms with van der Waals surface area (Å²) in [5.74, 6) is -0.174. The Kier molecular flexibility index (Phi) is 3.73. The maximum absolute atomic E-state index is 12.0. The lowest BCUT2D eigenvalue weighted by molar-refractivity contribution is 0.101. The number of hydrogen-bond acceptors (Lipinski definition) is 5. The highest BCUT2D eigenvalue weighted by Crippen LogP contribution is 2.26. The molecule has 1 aromatic heterocycles. The van der Waals surface area contributed by atoms with Gasteiger partial charge in [0, 0.05) is 0 Å². The molecule has 0 fully saturated rings. The molecule has 1 heterocycles. The van der Waals surface area contributed by atoms with Crippen LogP contribution in [0, 0.1) is 6.92 Å². The van der Waals surface area contributed by atoms with Crippen LogP contribution in [-0.4, -0.2) is 14.2 Å². The molecule has 0 N–H and O–H groups in total. The van der Waals surface area contributed by atoms with E-state index in [-0.39, 0.29) is 21.3 Å². The molecule has 2 aromatic rings. The molecule has 1 aromatic carbocycles. The number of thiophene rings is 1. The van der Waals surface area contributed by atoms with Gasteiger partial charge in [-0.25, -0.2) is 0 Å². The van der Waals surface area contributed by atoms with Crippen molar-refractivity contribution in [2.75, 3.05) is 0 Å². The molecule has 0 spiro atoms. The Labute approximate surface area is 115 Å². The molecule has 0 unspecified atom stereocenters. The van der Waals surface area contributed by atoms with E-state index in [1.165, 1.54) is 19.1 Å². The van der Waals surface area contributed by atoms with Crippen LogP contribution in [0.25, 0.3) is 0 Å². The lowest BCUT2D eigenvalue weighted by atomic mass is 10.1. The van der Waals surface area contributed by atoms with Gasteiger partial charge in [0.15, 0.2) is 15.7 Å². The minimum Gasteiger partial charge on any atom is -0.378 e. The van der Waals surface area contributed by atoms with Gasteiger partial charge in [0.1, 0.15) is 0 Å². The first-order chi connectivity index (χ1) is 8.90. The van der Waals surface area contributed by atoms with E-state index in [9.17, 15) is 13.2 Å². The summed E-state index contributed by atoms with van der Waals surface area (Å²) in [4.78, 5) is 11.5. The summed E-state index contributed by atoms with van der Waals surface area (Å²) in [6.07, 6.45) is 0. The quantitative estimate of drug-likeness (QED) is 0.642. The topological polar surface area (TPSA) is 60.4 Å². The molecule has 100 valence electrons. The molecular weight excluding hydrogens is 284 g/mol. The van der Waals surface area contributed by atoms with Gasteiger partial charge in [-0.3, -0.25) is 4.79 Å². The third-order valence-corrected chi connectivity index (χ3v) is 5.05. The molecule has 0 saturated carbocycles. The summed E-state index contributed by atoms with van der Waals surface area (Å²) in [5, 5.41) is 1.65. The van der Waals surface area contributed by atoms with Crippen molar-refractivity contribution < 1.29 is 17.4 Å². The van der Waals surface area contributed by atoms with Crippen molar-refractivity contribution in [3.63, 3.8) is 0 Å². The first-order valence-corrected chi connectivity index (χ1v) is 7.78. The standard InChI is InChI=1S/C13H12O4S2/c1-9-5-6-12(11(8-9)10(2)14)17-19(15,16)13-4-3-7-18-13/h3-8H,1-2H3. The molecule has 0 aliphatic carbocycles. The predicted molar refractivity (Wildman–Crippen MR) is 73.3 cm³/mol. The lowest BCUT2D eigenvalue weighted by Crippen LogP contribution is -2.10. The van der Waals surface area contributed by atoms with Crippen LogP contribution in [0.5, 0.6) is 5.75 Å². The van der Waals surface area contributed by atoms with Crippen LogP contribution in [-0.2, 0) is 10.1 Å². The summed E-state index contributed by atoms with van der Waals surface area (Å²) in [5.41, 5.74) is 1.13. The molecule has 4 nitrogen and oxygen atoms in total. The second kappa shape index (κ2) is 5.14. The van der Waals surface area contributed by atoms with E-state index in [2.05, 4.69) is 0 Å². The van der Waals surface area contributed by atoms with Crippen molar-refractivity contribution in [2.45, 2.75) is 18.1 Å². The van der Waals surface area contributed by atoms with Gasteiger partial charge in [0.2, 0.25) is 0 Å². The van der Waals surface area contributed by atoms with E-state index < -0.39 is 10.1 Å². The number of benzene rings is 1. The van der Waals surface area contributed by atoms with Crippen LogP contribution in [0.3, 0.4) is 0 Å². The van der Waals surface area contributed by atoms with E-state index in [1.54, 1.807) is 23.6 Å². The average Bonchev–Trinajstić information content (AvgIpc) is 2.85. The van der Waals surface area contributed by atoms with Crippen molar-refractivity contribution >= 4 is 27.2 Å². The van der Waals surface area contributed by atoms with Gasteiger partial charge in [0.05, 0.1) is 5.56 Å². The van der Waals surface area contributed by atoms with Crippen LogP contribution in [0.1, 0.15) is 22.8 Å². The minimum atomic E-state index is -3.87. The summed E-state index contributed by atoms with van der Waals surface area (Å²) >= 11 is 1.07. The van der Waals surface area contributed by atoms with Gasteiger partial charge in [-0.2, -0.15) is 8.42 Å². The molecule has 0 aliphatic rings. The smallest absolute Gasteiger partial charge is 0.348 e. The van der Waals surface area contributed by atoms with Gasteiger partial charge < -0.3 is 4.18 Å². The van der Waals surface area contributed by atoms with Gasteiger partial charge in [0.25, 0.3) is 0 Å². The number of carbonyl (C=O) groups excluding carboxylic acids is 1. The lowest BCUT2D eigenvalue weighted by Gasteiger charge is -2.09. The molecule has 6 heteroatoms. The third-order valence-electron chi connectivity index (χ3n) is 2.46. The number of hydrogen-bond donors (Lipinski definition) is 0. The molecule has 0 bridgehead atoms. The van der Waals surface area contributed by atoms with Gasteiger partial charge in [-0.15, -0.1) is 11.3 Å². The Bertz CT molecular complexity index is 700. The van der Waals surface area contributed by atoms with Crippen molar-refractivity contribution in [1.82, 2.24) is 0 Å². The normalized spacial score (nSPS) is 11.3. The fraction of sp³-hybridized carbons (Fsp3) is 0.154. The monoisotopic (exact) mass is 296 g/mol. The summed E-state index contributed by atoms with van der Waals surface area (Å²) in [6.45, 7) is 3.20. The van der Waals surface area contributed by atoms with Gasteiger partial charge in [-0.05, 0) is 37.4 Å². The molecular formula is C13H12O4S2. The second-order valence-corrected chi connectivity index (χ2v) is 6.75. The molecule has 0 atom stereocenters. The molecule has 0 amide bonds. The fourth-order valence-electron chi connectivity index (χ4n) is 1.56. The van der Waals surface area contributed by atoms with E-state index in [1.807, 2.05) is 6.92 Å². The summed E-state index contributed by atoms with van der Waals surface area (Å²) in [6, 6.07) is 7.90. The van der Waals surface area contributed by atoms with Crippen LogP contribution < -0.4 is 4.18 Å². The van der Waals surface area contributed by atoms with Crippen LogP contribution in [0.4, 0.5) is 0 Å². The Morgan fingerprint density at radius 1 is 1.26 bits per heavy atom. The van der Waals surface area contributed by atoms with Crippen LogP contribution >= 0.6 is 11.3 Å². The van der Waals surface area contributed by atoms with E-state index >= 15 is 0 Å². The third kappa shape index (κ3) is 3.02. The number of rotatable bonds is 4. The Hall–Kier alpha value is -1.66. The Morgan fingerprint density at radius 3 is 2.58 bits per heavy atom. The highest BCUT2D eigenvalue weighted by Gasteiger charge is 2.20. The summed E-state index contributed by atoms with van der Waals surface area (Å²) in [7, 11) is -3.87. The fourth-order valence-corrected chi connectivity index (χ4v) is 3.45. The molecule has 0 aliphatic heterocycles. The van der Waals surface area contributed by atoms with Gasteiger partial charge >= 0.3 is 10.1 Å². The predicted octanol–water partition coefficient (Wildman–Crippen LogP) is 3.03. The first-order valence-electron chi connectivity index (χ1n) is 5.50. The van der Waals surface area contributed by atoms with E-state index in [0.29, 0.717) is 0 Å². The SMILES string of the molecule is CC(=O)c1cc(C)ccc1OS(=O)(=O)c1cccs1. The zero-order valence-corrected chi connectivity index (χ0v) is 12.0. The minimum absolute atomic E-state index is 0.0616. The number of Topliss-reactive ketones (excluding diaryl/α,β-unsaturated/α-hetero) is 1. The van der Waals surface area contributed by atoms with Crippen molar-refractivity contribution in [3.8, 4) is 5.75 Å².